The molecule has 0 amide bonds. The van der Waals surface area contributed by atoms with Crippen molar-refractivity contribution in [1.82, 2.24) is 4.98 Å². The number of aromatic nitrogens is 1. The minimum absolute atomic E-state index is 0.106. The molecule has 1 heterocycles. The molecule has 0 fully saturated rings. The predicted molar refractivity (Wildman–Crippen MR) is 82.2 cm³/mol. The van der Waals surface area contributed by atoms with Gasteiger partial charge in [-0.3, -0.25) is 4.72 Å². The molecule has 0 radical (unpaired) electrons. The van der Waals surface area contributed by atoms with Crippen molar-refractivity contribution in [1.29, 1.82) is 0 Å². The zero-order valence-electron chi connectivity index (χ0n) is 11.5. The van der Waals surface area contributed by atoms with Crippen LogP contribution in [-0.4, -0.2) is 19.9 Å². The highest BCUT2D eigenvalue weighted by atomic mass is 32.2. The lowest BCUT2D eigenvalue weighted by Crippen LogP contribution is -2.15. The summed E-state index contributed by atoms with van der Waals surface area (Å²) in [6.45, 7) is 2.03. The molecule has 6 heteroatoms. The Morgan fingerprint density at radius 3 is 2.76 bits per heavy atom. The molecule has 0 bridgehead atoms. The van der Waals surface area contributed by atoms with Gasteiger partial charge in [0.25, 0.3) is 10.0 Å². The average molecular weight is 301 g/mol. The molecule has 1 aromatic carbocycles. The van der Waals surface area contributed by atoms with Crippen LogP contribution in [0.5, 0.6) is 0 Å². The Balaban J connectivity index is 2.40. The van der Waals surface area contributed by atoms with Gasteiger partial charge in [-0.25, -0.2) is 13.4 Å². The maximum absolute atomic E-state index is 12.4. The average Bonchev–Trinajstić information content (AvgIpc) is 2.45. The SMILES string of the molecule is Cc1ccnc(NS(=O)(=O)c2ccccc2C#CCN)c1. The zero-order valence-corrected chi connectivity index (χ0v) is 12.3. The molecule has 0 aliphatic carbocycles. The van der Waals surface area contributed by atoms with Crippen LogP contribution in [0.2, 0.25) is 0 Å². The maximum atomic E-state index is 12.4. The van der Waals surface area contributed by atoms with Gasteiger partial charge in [0.2, 0.25) is 0 Å². The summed E-state index contributed by atoms with van der Waals surface area (Å²) >= 11 is 0. The second-order valence-electron chi connectivity index (χ2n) is 4.33. The first kappa shape index (κ1) is 15.0. The molecule has 1 aromatic heterocycles. The molecular formula is C15H15N3O2S. The molecule has 0 saturated carbocycles. The number of hydrogen-bond donors (Lipinski definition) is 2. The van der Waals surface area contributed by atoms with E-state index in [1.165, 1.54) is 6.07 Å². The summed E-state index contributed by atoms with van der Waals surface area (Å²) < 4.78 is 27.3. The summed E-state index contributed by atoms with van der Waals surface area (Å²) in [7, 11) is -3.75. The van der Waals surface area contributed by atoms with Crippen molar-refractivity contribution in [3.63, 3.8) is 0 Å². The molecule has 0 unspecified atom stereocenters. The first-order chi connectivity index (χ1) is 10.0. The normalized spacial score (nSPS) is 10.6. The molecule has 5 nitrogen and oxygen atoms in total. The van der Waals surface area contributed by atoms with Crippen LogP contribution in [0.3, 0.4) is 0 Å². The molecule has 2 rings (SSSR count). The van der Waals surface area contributed by atoms with E-state index < -0.39 is 10.0 Å². The third-order valence-electron chi connectivity index (χ3n) is 2.66. The number of hydrogen-bond acceptors (Lipinski definition) is 4. The molecule has 108 valence electrons. The summed E-state index contributed by atoms with van der Waals surface area (Å²) in [5, 5.41) is 0. The minimum Gasteiger partial charge on any atom is -0.320 e. The van der Waals surface area contributed by atoms with Gasteiger partial charge in [0.05, 0.1) is 6.54 Å². The smallest absolute Gasteiger partial charge is 0.264 e. The molecule has 3 N–H and O–H groups in total. The van der Waals surface area contributed by atoms with Crippen molar-refractivity contribution in [2.45, 2.75) is 11.8 Å². The summed E-state index contributed by atoms with van der Waals surface area (Å²) in [4.78, 5) is 4.10. The van der Waals surface area contributed by atoms with Gasteiger partial charge in [-0.05, 0) is 36.8 Å². The molecule has 0 aliphatic heterocycles. The monoisotopic (exact) mass is 301 g/mol. The highest BCUT2D eigenvalue weighted by Gasteiger charge is 2.18. The summed E-state index contributed by atoms with van der Waals surface area (Å²) in [5.74, 6) is 5.70. The van der Waals surface area contributed by atoms with E-state index in [0.29, 0.717) is 5.56 Å². The van der Waals surface area contributed by atoms with E-state index >= 15 is 0 Å². The Bertz CT molecular complexity index is 805. The van der Waals surface area contributed by atoms with E-state index in [9.17, 15) is 8.42 Å². The van der Waals surface area contributed by atoms with Gasteiger partial charge in [-0.1, -0.05) is 24.0 Å². The van der Waals surface area contributed by atoms with Crippen LogP contribution in [0.1, 0.15) is 11.1 Å². The van der Waals surface area contributed by atoms with Gasteiger partial charge in [0, 0.05) is 11.8 Å². The van der Waals surface area contributed by atoms with Gasteiger partial charge in [0.1, 0.15) is 10.7 Å². The van der Waals surface area contributed by atoms with Crippen molar-refractivity contribution in [2.75, 3.05) is 11.3 Å². The lowest BCUT2D eigenvalue weighted by molar-refractivity contribution is 0.601. The largest absolute Gasteiger partial charge is 0.320 e. The van der Waals surface area contributed by atoms with Gasteiger partial charge in [0.15, 0.2) is 0 Å². The van der Waals surface area contributed by atoms with Gasteiger partial charge >= 0.3 is 0 Å². The number of sulfonamides is 1. The van der Waals surface area contributed by atoms with Crippen molar-refractivity contribution in [3.05, 3.63) is 53.7 Å². The zero-order chi connectivity index (χ0) is 15.3. The van der Waals surface area contributed by atoms with E-state index in [4.69, 9.17) is 5.73 Å². The van der Waals surface area contributed by atoms with Gasteiger partial charge in [-0.15, -0.1) is 0 Å². The molecule has 2 aromatic rings. The minimum atomic E-state index is -3.75. The molecule has 0 aliphatic rings. The van der Waals surface area contributed by atoms with Crippen LogP contribution >= 0.6 is 0 Å². The third kappa shape index (κ3) is 3.81. The molecule has 21 heavy (non-hydrogen) atoms. The summed E-state index contributed by atoms with van der Waals surface area (Å²) in [6.07, 6.45) is 1.55. The van der Waals surface area contributed by atoms with Gasteiger partial charge < -0.3 is 5.73 Å². The fourth-order valence-electron chi connectivity index (χ4n) is 1.74. The Morgan fingerprint density at radius 1 is 1.29 bits per heavy atom. The number of pyridine rings is 1. The first-order valence-electron chi connectivity index (χ1n) is 6.26. The Morgan fingerprint density at radius 2 is 2.05 bits per heavy atom. The van der Waals surface area contributed by atoms with Crippen LogP contribution in [0.15, 0.2) is 47.5 Å². The van der Waals surface area contributed by atoms with Crippen molar-refractivity contribution < 1.29 is 8.42 Å². The van der Waals surface area contributed by atoms with Crippen molar-refractivity contribution in [2.24, 2.45) is 5.73 Å². The fourth-order valence-corrected chi connectivity index (χ4v) is 2.90. The van der Waals surface area contributed by atoms with E-state index in [-0.39, 0.29) is 17.3 Å². The quantitative estimate of drug-likeness (QED) is 0.841. The molecule has 0 saturated heterocycles. The van der Waals surface area contributed by atoms with Gasteiger partial charge in [-0.2, -0.15) is 0 Å². The fraction of sp³-hybridized carbons (Fsp3) is 0.133. The Hall–Kier alpha value is -2.36. The third-order valence-corrected chi connectivity index (χ3v) is 4.07. The Kier molecular flexibility index (Phi) is 4.58. The van der Waals surface area contributed by atoms with Crippen LogP contribution in [-0.2, 0) is 10.0 Å². The summed E-state index contributed by atoms with van der Waals surface area (Å²) in [6, 6.07) is 9.96. The number of benzene rings is 1. The number of aryl methyl sites for hydroxylation is 1. The second kappa shape index (κ2) is 6.39. The van der Waals surface area contributed by atoms with Crippen molar-refractivity contribution >= 4 is 15.8 Å². The van der Waals surface area contributed by atoms with Crippen LogP contribution in [0.25, 0.3) is 0 Å². The van der Waals surface area contributed by atoms with Crippen LogP contribution in [0.4, 0.5) is 5.82 Å². The van der Waals surface area contributed by atoms with Crippen LogP contribution < -0.4 is 10.5 Å². The number of rotatable bonds is 3. The van der Waals surface area contributed by atoms with E-state index in [1.54, 1.807) is 36.5 Å². The predicted octanol–water partition coefficient (Wildman–Crippen LogP) is 1.50. The number of nitrogens with one attached hydrogen (secondary N) is 1. The first-order valence-corrected chi connectivity index (χ1v) is 7.75. The highest BCUT2D eigenvalue weighted by Crippen LogP contribution is 2.18. The lowest BCUT2D eigenvalue weighted by atomic mass is 10.2. The molecular weight excluding hydrogens is 286 g/mol. The second-order valence-corrected chi connectivity index (χ2v) is 5.98. The topological polar surface area (TPSA) is 85.1 Å². The Labute approximate surface area is 124 Å². The van der Waals surface area contributed by atoms with Crippen molar-refractivity contribution in [3.8, 4) is 11.8 Å². The number of anilines is 1. The summed E-state index contributed by atoms with van der Waals surface area (Å²) in [5.41, 5.74) is 6.65. The maximum Gasteiger partial charge on any atom is 0.264 e. The van der Waals surface area contributed by atoms with Crippen LogP contribution in [0, 0.1) is 18.8 Å². The van der Waals surface area contributed by atoms with E-state index in [1.807, 2.05) is 6.92 Å². The number of nitrogens with zero attached hydrogens (tertiary/aromatic N) is 1. The lowest BCUT2D eigenvalue weighted by Gasteiger charge is -2.09. The van der Waals surface area contributed by atoms with E-state index in [2.05, 4.69) is 21.5 Å². The standard InChI is InChI=1S/C15H15N3O2S/c1-12-8-10-17-15(11-12)18-21(19,20)14-7-3-2-5-13(14)6-4-9-16/h2-3,5,7-8,10-11H,9,16H2,1H3,(H,17,18). The highest BCUT2D eigenvalue weighted by molar-refractivity contribution is 7.92. The molecule has 0 atom stereocenters. The number of nitrogens with two attached hydrogens (primary N) is 1. The molecule has 0 spiro atoms. The van der Waals surface area contributed by atoms with E-state index in [0.717, 1.165) is 5.56 Å².